The van der Waals surface area contributed by atoms with E-state index in [1.54, 1.807) is 11.3 Å². The highest BCUT2D eigenvalue weighted by Gasteiger charge is 2.24. The van der Waals surface area contributed by atoms with Gasteiger partial charge in [0.25, 0.3) is 0 Å². The van der Waals surface area contributed by atoms with Gasteiger partial charge in [0.2, 0.25) is 0 Å². The Morgan fingerprint density at radius 2 is 2.26 bits per heavy atom. The third kappa shape index (κ3) is 2.27. The van der Waals surface area contributed by atoms with Crippen molar-refractivity contribution in [1.29, 1.82) is 0 Å². The first-order valence-electron chi connectivity index (χ1n) is 6.92. The van der Waals surface area contributed by atoms with Crippen molar-refractivity contribution in [3.8, 4) is 0 Å². The minimum absolute atomic E-state index is 0.325. The Labute approximate surface area is 118 Å². The number of aromatic nitrogens is 1. The van der Waals surface area contributed by atoms with Crippen LogP contribution in [0.3, 0.4) is 0 Å². The van der Waals surface area contributed by atoms with Gasteiger partial charge in [-0.1, -0.05) is 0 Å². The van der Waals surface area contributed by atoms with E-state index in [0.717, 1.165) is 31.2 Å². The lowest BCUT2D eigenvalue weighted by atomic mass is 9.96. The average molecular weight is 273 g/mol. The molecule has 3 heteroatoms. The molecule has 0 aromatic carbocycles. The topological polar surface area (TPSA) is 22.0 Å². The Balaban J connectivity index is 1.94. The van der Waals surface area contributed by atoms with Gasteiger partial charge < -0.3 is 4.57 Å². The Morgan fingerprint density at radius 1 is 1.42 bits per heavy atom. The van der Waals surface area contributed by atoms with Crippen LogP contribution in [0.1, 0.15) is 53.1 Å². The molecule has 2 nitrogen and oxygen atoms in total. The normalized spacial score (nSPS) is 16.4. The maximum Gasteiger partial charge on any atom is 0.164 e. The van der Waals surface area contributed by atoms with Crippen molar-refractivity contribution in [3.05, 3.63) is 45.4 Å². The first-order valence-corrected chi connectivity index (χ1v) is 7.86. The molecule has 0 N–H and O–H groups in total. The molecule has 0 aliphatic heterocycles. The second-order valence-corrected chi connectivity index (χ2v) is 6.26. The van der Waals surface area contributed by atoms with Gasteiger partial charge in [0.05, 0.1) is 0 Å². The maximum absolute atomic E-state index is 12.0. The molecule has 0 bridgehead atoms. The van der Waals surface area contributed by atoms with E-state index in [-0.39, 0.29) is 0 Å². The molecule has 2 aromatic rings. The summed E-state index contributed by atoms with van der Waals surface area (Å²) >= 11 is 1.75. The Morgan fingerprint density at radius 3 is 3.00 bits per heavy atom. The van der Waals surface area contributed by atoms with E-state index in [1.165, 1.54) is 17.0 Å². The van der Waals surface area contributed by atoms with Gasteiger partial charge >= 0.3 is 0 Å². The van der Waals surface area contributed by atoms with E-state index in [0.29, 0.717) is 11.8 Å². The molecule has 19 heavy (non-hydrogen) atoms. The quantitative estimate of drug-likeness (QED) is 0.822. The number of hydrogen-bond acceptors (Lipinski definition) is 2. The van der Waals surface area contributed by atoms with E-state index in [2.05, 4.69) is 41.3 Å². The number of nitrogens with zero attached hydrogens (tertiary/aromatic N) is 1. The van der Waals surface area contributed by atoms with Crippen molar-refractivity contribution in [2.75, 3.05) is 0 Å². The zero-order valence-corrected chi connectivity index (χ0v) is 12.3. The lowest BCUT2D eigenvalue weighted by molar-refractivity contribution is 0.0971. The van der Waals surface area contributed by atoms with Crippen molar-refractivity contribution in [1.82, 2.24) is 4.57 Å². The number of carbonyl (C=O) groups is 1. The molecular weight excluding hydrogens is 254 g/mol. The Bertz CT molecular complexity index is 595. The molecule has 0 amide bonds. The van der Waals surface area contributed by atoms with E-state index in [9.17, 15) is 4.79 Å². The molecule has 100 valence electrons. The zero-order chi connectivity index (χ0) is 13.4. The highest BCUT2D eigenvalue weighted by Crippen LogP contribution is 2.29. The van der Waals surface area contributed by atoms with Gasteiger partial charge in [-0.25, -0.2) is 0 Å². The fraction of sp³-hybridized carbons (Fsp3) is 0.438. The van der Waals surface area contributed by atoms with Crippen molar-refractivity contribution in [2.45, 2.75) is 45.6 Å². The Hall–Kier alpha value is -1.35. The van der Waals surface area contributed by atoms with Gasteiger partial charge in [0, 0.05) is 29.4 Å². The van der Waals surface area contributed by atoms with Crippen LogP contribution >= 0.6 is 11.3 Å². The highest BCUT2D eigenvalue weighted by molar-refractivity contribution is 7.07. The molecule has 0 saturated heterocycles. The third-order valence-electron chi connectivity index (χ3n) is 4.00. The largest absolute Gasteiger partial charge is 0.345 e. The molecule has 2 aromatic heterocycles. The number of fused-ring (bicyclic) bond motifs is 1. The summed E-state index contributed by atoms with van der Waals surface area (Å²) in [6, 6.07) is 4.70. The van der Waals surface area contributed by atoms with Crippen LogP contribution in [-0.2, 0) is 12.8 Å². The standard InChI is InChI=1S/C16H19NOS/c1-11(8-13-6-7-19-10-13)17-12(2)9-14-15(17)4-3-5-16(14)18/h6-7,9-11H,3-5,8H2,1-2H3. The van der Waals surface area contributed by atoms with E-state index in [1.807, 2.05) is 0 Å². The fourth-order valence-electron chi connectivity index (χ4n) is 3.21. The van der Waals surface area contributed by atoms with Crippen molar-refractivity contribution in [3.63, 3.8) is 0 Å². The molecule has 0 saturated carbocycles. The van der Waals surface area contributed by atoms with Gasteiger partial charge in [-0.05, 0) is 61.6 Å². The van der Waals surface area contributed by atoms with E-state index >= 15 is 0 Å². The lowest BCUT2D eigenvalue weighted by Gasteiger charge is -2.21. The SMILES string of the molecule is Cc1cc2c(n1C(C)Cc1ccsc1)CCCC2=O. The van der Waals surface area contributed by atoms with Crippen LogP contribution < -0.4 is 0 Å². The smallest absolute Gasteiger partial charge is 0.164 e. The number of Topliss-reactive ketones (excluding diaryl/α,β-unsaturated/α-hetero) is 1. The minimum Gasteiger partial charge on any atom is -0.345 e. The molecular formula is C16H19NOS. The molecule has 1 aliphatic carbocycles. The van der Waals surface area contributed by atoms with Crippen LogP contribution in [0.5, 0.6) is 0 Å². The number of aryl methyl sites for hydroxylation is 1. The van der Waals surface area contributed by atoms with Gasteiger partial charge in [0.15, 0.2) is 5.78 Å². The Kier molecular flexibility index (Phi) is 3.31. The van der Waals surface area contributed by atoms with Crippen LogP contribution in [0.4, 0.5) is 0 Å². The molecule has 0 radical (unpaired) electrons. The minimum atomic E-state index is 0.325. The monoisotopic (exact) mass is 273 g/mol. The molecule has 1 atom stereocenters. The summed E-state index contributed by atoms with van der Waals surface area (Å²) in [7, 11) is 0. The predicted molar refractivity (Wildman–Crippen MR) is 79.2 cm³/mol. The first-order chi connectivity index (χ1) is 9.16. The summed E-state index contributed by atoms with van der Waals surface area (Å²) in [5.74, 6) is 0.325. The molecule has 0 spiro atoms. The van der Waals surface area contributed by atoms with Crippen LogP contribution in [0.15, 0.2) is 22.9 Å². The number of carbonyl (C=O) groups excluding carboxylic acids is 1. The summed E-state index contributed by atoms with van der Waals surface area (Å²) in [4.78, 5) is 12.0. The average Bonchev–Trinajstić information content (AvgIpc) is 2.96. The second kappa shape index (κ2) is 4.97. The predicted octanol–water partition coefficient (Wildman–Crippen LogP) is 4.18. The summed E-state index contributed by atoms with van der Waals surface area (Å²) in [5, 5.41) is 4.34. The highest BCUT2D eigenvalue weighted by atomic mass is 32.1. The molecule has 3 rings (SSSR count). The van der Waals surface area contributed by atoms with Crippen molar-refractivity contribution >= 4 is 17.1 Å². The van der Waals surface area contributed by atoms with Gasteiger partial charge in [0.1, 0.15) is 0 Å². The molecule has 1 unspecified atom stereocenters. The summed E-state index contributed by atoms with van der Waals surface area (Å²) in [6.45, 7) is 4.37. The van der Waals surface area contributed by atoms with Gasteiger partial charge in [-0.2, -0.15) is 11.3 Å². The van der Waals surface area contributed by atoms with E-state index < -0.39 is 0 Å². The van der Waals surface area contributed by atoms with Crippen LogP contribution in [-0.4, -0.2) is 10.4 Å². The fourth-order valence-corrected chi connectivity index (χ4v) is 3.89. The number of thiophene rings is 1. The van der Waals surface area contributed by atoms with Crippen molar-refractivity contribution < 1.29 is 4.79 Å². The van der Waals surface area contributed by atoms with Gasteiger partial charge in [-0.15, -0.1) is 0 Å². The van der Waals surface area contributed by atoms with Crippen molar-refractivity contribution in [2.24, 2.45) is 0 Å². The maximum atomic E-state index is 12.0. The molecule has 0 fully saturated rings. The third-order valence-corrected chi connectivity index (χ3v) is 4.74. The van der Waals surface area contributed by atoms with Crippen LogP contribution in [0.2, 0.25) is 0 Å². The summed E-state index contributed by atoms with van der Waals surface area (Å²) < 4.78 is 2.38. The molecule has 2 heterocycles. The van der Waals surface area contributed by atoms with Crippen LogP contribution in [0, 0.1) is 6.92 Å². The molecule has 1 aliphatic rings. The number of hydrogen-bond donors (Lipinski definition) is 0. The summed E-state index contributed by atoms with van der Waals surface area (Å²) in [5.41, 5.74) is 4.85. The van der Waals surface area contributed by atoms with Crippen LogP contribution in [0.25, 0.3) is 0 Å². The van der Waals surface area contributed by atoms with Gasteiger partial charge in [-0.3, -0.25) is 4.79 Å². The van der Waals surface area contributed by atoms with E-state index in [4.69, 9.17) is 0 Å². The number of ketones is 1. The zero-order valence-electron chi connectivity index (χ0n) is 11.5. The lowest BCUT2D eigenvalue weighted by Crippen LogP contribution is -2.17. The summed E-state index contributed by atoms with van der Waals surface area (Å²) in [6.07, 6.45) is 3.80. The number of rotatable bonds is 3. The second-order valence-electron chi connectivity index (χ2n) is 5.48. The first kappa shape index (κ1) is 12.7.